The number of imide groups is 1. The molecule has 2 fully saturated rings. The third-order valence-corrected chi connectivity index (χ3v) is 8.50. The molecule has 39 heavy (non-hydrogen) atoms. The molecule has 3 aromatic rings. The molecule has 1 unspecified atom stereocenters. The van der Waals surface area contributed by atoms with E-state index in [1.807, 2.05) is 18.3 Å². The van der Waals surface area contributed by atoms with E-state index in [1.54, 1.807) is 36.2 Å². The van der Waals surface area contributed by atoms with Crippen LogP contribution in [0.1, 0.15) is 54.5 Å². The van der Waals surface area contributed by atoms with E-state index in [0.717, 1.165) is 55.8 Å². The fraction of sp³-hybridized carbons (Fsp3) is 0.367. The maximum atomic E-state index is 14.2. The quantitative estimate of drug-likeness (QED) is 0.465. The number of halogens is 2. The highest BCUT2D eigenvalue weighted by Gasteiger charge is 2.44. The average Bonchev–Trinajstić information content (AvgIpc) is 2.93. The highest BCUT2D eigenvalue weighted by molar-refractivity contribution is 6.04. The Morgan fingerprint density at radius 3 is 2.44 bits per heavy atom. The van der Waals surface area contributed by atoms with Crippen LogP contribution in [-0.4, -0.2) is 64.0 Å². The molecule has 4 amide bonds. The van der Waals surface area contributed by atoms with Gasteiger partial charge in [-0.05, 0) is 61.6 Å². The fourth-order valence-corrected chi connectivity index (χ4v) is 6.20. The number of aromatic nitrogens is 1. The maximum absolute atomic E-state index is 14.2. The van der Waals surface area contributed by atoms with Crippen LogP contribution in [0, 0.1) is 11.6 Å². The Morgan fingerprint density at radius 1 is 0.974 bits per heavy atom. The van der Waals surface area contributed by atoms with Crippen LogP contribution >= 0.6 is 0 Å². The Labute approximate surface area is 226 Å². The maximum Gasteiger partial charge on any atom is 0.330 e. The van der Waals surface area contributed by atoms with Crippen molar-refractivity contribution >= 4 is 17.7 Å². The van der Waals surface area contributed by atoms with E-state index >= 15 is 0 Å². The molecule has 1 aromatic heterocycles. The molecule has 1 atom stereocenters. The summed E-state index contributed by atoms with van der Waals surface area (Å²) >= 11 is 0. The van der Waals surface area contributed by atoms with Crippen LogP contribution in [-0.2, 0) is 0 Å². The molecule has 9 heteroatoms. The topological polar surface area (TPSA) is 68.8 Å². The van der Waals surface area contributed by atoms with Crippen molar-refractivity contribution in [3.05, 3.63) is 95.3 Å². The van der Waals surface area contributed by atoms with E-state index < -0.39 is 29.7 Å². The Bertz CT molecular complexity index is 1370. The lowest BCUT2D eigenvalue weighted by molar-refractivity contribution is 0.0112. The number of hydrogen-bond donors (Lipinski definition) is 1. The monoisotopic (exact) mass is 531 g/mol. The summed E-state index contributed by atoms with van der Waals surface area (Å²) in [5, 5.41) is 2.78. The van der Waals surface area contributed by atoms with Crippen molar-refractivity contribution in [2.24, 2.45) is 0 Å². The van der Waals surface area contributed by atoms with Crippen molar-refractivity contribution in [2.75, 3.05) is 25.5 Å². The summed E-state index contributed by atoms with van der Waals surface area (Å²) < 4.78 is 28.0. The summed E-state index contributed by atoms with van der Waals surface area (Å²) in [4.78, 5) is 36.7. The molecule has 1 saturated carbocycles. The predicted octanol–water partition coefficient (Wildman–Crippen LogP) is 5.76. The molecule has 1 N–H and O–H groups in total. The molecule has 202 valence electrons. The molecule has 3 aliphatic rings. The van der Waals surface area contributed by atoms with E-state index in [0.29, 0.717) is 28.8 Å². The molecule has 0 radical (unpaired) electrons. The molecule has 0 bridgehead atoms. The molecule has 6 rings (SSSR count). The Kier molecular flexibility index (Phi) is 6.76. The van der Waals surface area contributed by atoms with Gasteiger partial charge in [0.05, 0.1) is 12.1 Å². The first kappa shape index (κ1) is 25.4. The van der Waals surface area contributed by atoms with E-state index in [2.05, 4.69) is 21.3 Å². The van der Waals surface area contributed by atoms with Crippen molar-refractivity contribution in [2.45, 2.75) is 49.7 Å². The number of pyridine rings is 1. The van der Waals surface area contributed by atoms with Gasteiger partial charge in [-0.3, -0.25) is 9.88 Å². The van der Waals surface area contributed by atoms with Gasteiger partial charge in [-0.15, -0.1) is 0 Å². The number of likely N-dealkylation sites (tertiary alicyclic amines) is 1. The van der Waals surface area contributed by atoms with E-state index in [-0.39, 0.29) is 6.04 Å². The van der Waals surface area contributed by atoms with Gasteiger partial charge in [0.25, 0.3) is 0 Å². The second-order valence-corrected chi connectivity index (χ2v) is 10.7. The van der Waals surface area contributed by atoms with Crippen LogP contribution in [0.15, 0.2) is 66.9 Å². The molecule has 3 heterocycles. The lowest BCUT2D eigenvalue weighted by atomic mass is 9.82. The normalized spacial score (nSPS) is 23.5. The van der Waals surface area contributed by atoms with Crippen molar-refractivity contribution in [3.8, 4) is 0 Å². The fourth-order valence-electron chi connectivity index (χ4n) is 6.20. The van der Waals surface area contributed by atoms with Crippen molar-refractivity contribution in [1.82, 2.24) is 19.7 Å². The van der Waals surface area contributed by atoms with Gasteiger partial charge in [-0.25, -0.2) is 23.3 Å². The van der Waals surface area contributed by atoms with Crippen LogP contribution in [0.25, 0.3) is 0 Å². The summed E-state index contributed by atoms with van der Waals surface area (Å²) in [5.74, 6) is -1.51. The number of para-hydroxylation sites is 1. The zero-order chi connectivity index (χ0) is 27.1. The lowest BCUT2D eigenvalue weighted by Crippen LogP contribution is -2.65. The lowest BCUT2D eigenvalue weighted by Gasteiger charge is -2.50. The van der Waals surface area contributed by atoms with Crippen molar-refractivity contribution in [3.63, 3.8) is 0 Å². The van der Waals surface area contributed by atoms with Crippen LogP contribution in [0.5, 0.6) is 0 Å². The van der Waals surface area contributed by atoms with Gasteiger partial charge in [0, 0.05) is 55.2 Å². The minimum Gasteiger partial charge on any atom is -0.322 e. The number of fused-ring (bicyclic) bond motifs is 1. The highest BCUT2D eigenvalue weighted by atomic mass is 19.2. The number of nitrogens with one attached hydrogen (secondary N) is 1. The number of hydrogen-bond acceptors (Lipinski definition) is 4. The largest absolute Gasteiger partial charge is 0.330 e. The average molecular weight is 532 g/mol. The summed E-state index contributed by atoms with van der Waals surface area (Å²) in [6, 6.07) is 15.2. The predicted molar refractivity (Wildman–Crippen MR) is 143 cm³/mol. The molecule has 2 aliphatic heterocycles. The first-order chi connectivity index (χ1) is 18.9. The number of anilines is 1. The Morgan fingerprint density at radius 2 is 1.72 bits per heavy atom. The molecule has 1 aliphatic carbocycles. The third kappa shape index (κ3) is 4.76. The van der Waals surface area contributed by atoms with Gasteiger partial charge in [0.15, 0.2) is 11.6 Å². The van der Waals surface area contributed by atoms with E-state index in [9.17, 15) is 18.4 Å². The van der Waals surface area contributed by atoms with Gasteiger partial charge in [0.1, 0.15) is 0 Å². The zero-order valence-electron chi connectivity index (χ0n) is 21.8. The highest BCUT2D eigenvalue weighted by Crippen LogP contribution is 2.40. The third-order valence-electron chi connectivity index (χ3n) is 8.50. The van der Waals surface area contributed by atoms with Crippen LogP contribution < -0.4 is 5.32 Å². The summed E-state index contributed by atoms with van der Waals surface area (Å²) in [6.07, 6.45) is 6.23. The van der Waals surface area contributed by atoms with Crippen LogP contribution in [0.2, 0.25) is 0 Å². The standard InChI is InChI=1S/C30H31F2N5O2/c1-35(22-17-36(18-22)21-12-9-19(10-13-21)26-7-4-5-15-33-26)30(39)37-28(20-11-14-24(31)25(32)16-20)23-6-2-3-8-27(23)34-29(37)38/h2-8,11,14-16,19,21-22,28H,9-10,12-13,17-18H2,1H3,(H,34,38)/t19-,21-,28?. The Hall–Kier alpha value is -3.85. The van der Waals surface area contributed by atoms with Gasteiger partial charge in [0.2, 0.25) is 0 Å². The number of amides is 4. The molecule has 1 saturated heterocycles. The number of rotatable bonds is 4. The molecule has 7 nitrogen and oxygen atoms in total. The first-order valence-corrected chi connectivity index (χ1v) is 13.5. The zero-order valence-corrected chi connectivity index (χ0v) is 21.8. The minimum atomic E-state index is -1.02. The molecule has 0 spiro atoms. The Balaban J connectivity index is 1.15. The number of benzene rings is 2. The van der Waals surface area contributed by atoms with E-state index in [4.69, 9.17) is 0 Å². The summed E-state index contributed by atoms with van der Waals surface area (Å²) in [5.41, 5.74) is 2.68. The SMILES string of the molecule is CN(C(=O)N1C(=O)Nc2ccccc2C1c1ccc(F)c(F)c1)C1CN([C@H]2CC[C@H](c3ccccn3)CC2)C1. The second kappa shape index (κ2) is 10.4. The molecular weight excluding hydrogens is 500 g/mol. The van der Waals surface area contributed by atoms with Gasteiger partial charge in [-0.1, -0.05) is 30.3 Å². The second-order valence-electron chi connectivity index (χ2n) is 10.7. The van der Waals surface area contributed by atoms with Crippen molar-refractivity contribution < 1.29 is 18.4 Å². The minimum absolute atomic E-state index is 0.0402. The summed E-state index contributed by atoms with van der Waals surface area (Å²) in [7, 11) is 1.71. The van der Waals surface area contributed by atoms with Gasteiger partial charge < -0.3 is 10.2 Å². The number of carbonyl (C=O) groups is 2. The molecular formula is C30H31F2N5O2. The number of carbonyl (C=O) groups excluding carboxylic acids is 2. The van der Waals surface area contributed by atoms with Gasteiger partial charge >= 0.3 is 12.1 Å². The smallest absolute Gasteiger partial charge is 0.322 e. The van der Waals surface area contributed by atoms with Gasteiger partial charge in [-0.2, -0.15) is 0 Å². The van der Waals surface area contributed by atoms with E-state index in [1.165, 1.54) is 11.8 Å². The van der Waals surface area contributed by atoms with Crippen LogP contribution in [0.4, 0.5) is 24.1 Å². The first-order valence-electron chi connectivity index (χ1n) is 13.5. The number of nitrogens with zero attached hydrogens (tertiary/aromatic N) is 4. The summed E-state index contributed by atoms with van der Waals surface area (Å²) in [6.45, 7) is 1.48. The van der Waals surface area contributed by atoms with Crippen LogP contribution in [0.3, 0.4) is 0 Å². The molecule has 2 aromatic carbocycles. The van der Waals surface area contributed by atoms with Crippen molar-refractivity contribution in [1.29, 1.82) is 0 Å². The number of urea groups is 2. The number of likely N-dealkylation sites (N-methyl/N-ethyl adjacent to an activating group) is 1.